The van der Waals surface area contributed by atoms with E-state index in [1.165, 1.54) is 6.92 Å². The van der Waals surface area contributed by atoms with Crippen molar-refractivity contribution in [2.24, 2.45) is 0 Å². The predicted octanol–water partition coefficient (Wildman–Crippen LogP) is 0.795. The minimum absolute atomic E-state index is 0.0764. The Kier molecular flexibility index (Phi) is 2.88. The van der Waals surface area contributed by atoms with Crippen molar-refractivity contribution in [3.63, 3.8) is 0 Å². The molecular weight excluding hydrogens is 216 g/mol. The highest BCUT2D eigenvalue weighted by Crippen LogP contribution is 2.51. The average molecular weight is 232 g/mol. The number of carbonyl (C=O) groups is 2. The summed E-state index contributed by atoms with van der Waals surface area (Å²) in [7, 11) is 1.59. The Hall–Kier alpha value is -1.84. The molecule has 1 aliphatic carbocycles. The summed E-state index contributed by atoms with van der Waals surface area (Å²) in [4.78, 5) is 23.1. The van der Waals surface area contributed by atoms with Gasteiger partial charge in [0.05, 0.1) is 0 Å². The lowest BCUT2D eigenvalue weighted by atomic mass is 10.1. The third-order valence-corrected chi connectivity index (χ3v) is 3.19. The van der Waals surface area contributed by atoms with Crippen LogP contribution in [0.25, 0.3) is 0 Å². The van der Waals surface area contributed by atoms with E-state index in [0.29, 0.717) is 6.42 Å². The van der Waals surface area contributed by atoms with E-state index in [4.69, 9.17) is 0 Å². The van der Waals surface area contributed by atoms with E-state index < -0.39 is 5.54 Å². The van der Waals surface area contributed by atoms with Crippen LogP contribution in [0.5, 0.6) is 0 Å². The first kappa shape index (κ1) is 11.6. The number of rotatable bonds is 3. The maximum atomic E-state index is 11.9. The van der Waals surface area contributed by atoms with Gasteiger partial charge in [-0.1, -0.05) is 30.3 Å². The van der Waals surface area contributed by atoms with Crippen LogP contribution in [0.15, 0.2) is 30.3 Å². The molecule has 2 amide bonds. The fourth-order valence-corrected chi connectivity index (χ4v) is 2.33. The van der Waals surface area contributed by atoms with Gasteiger partial charge in [-0.25, -0.2) is 0 Å². The van der Waals surface area contributed by atoms with Gasteiger partial charge >= 0.3 is 0 Å². The average Bonchev–Trinajstić information content (AvgIpc) is 3.04. The molecule has 2 rings (SSSR count). The lowest BCUT2D eigenvalue weighted by Crippen LogP contribution is -2.48. The molecule has 2 atom stereocenters. The molecule has 0 aromatic heterocycles. The zero-order chi connectivity index (χ0) is 12.5. The zero-order valence-corrected chi connectivity index (χ0v) is 9.99. The molecule has 0 aliphatic heterocycles. The molecular formula is C13H16N2O2. The SMILES string of the molecule is CNC(=O)[C@]1(NC(C)=O)C[C@@H]1c1ccccc1. The van der Waals surface area contributed by atoms with Crippen molar-refractivity contribution in [3.8, 4) is 0 Å². The van der Waals surface area contributed by atoms with Crippen LogP contribution in [0.3, 0.4) is 0 Å². The topological polar surface area (TPSA) is 58.2 Å². The summed E-state index contributed by atoms with van der Waals surface area (Å²) >= 11 is 0. The number of nitrogens with one attached hydrogen (secondary N) is 2. The van der Waals surface area contributed by atoms with E-state index >= 15 is 0 Å². The van der Waals surface area contributed by atoms with Crippen LogP contribution in [0.2, 0.25) is 0 Å². The molecule has 0 saturated heterocycles. The summed E-state index contributed by atoms with van der Waals surface area (Å²) in [6.45, 7) is 1.44. The molecule has 2 N–H and O–H groups in total. The zero-order valence-electron chi connectivity index (χ0n) is 9.99. The molecule has 1 aliphatic rings. The van der Waals surface area contributed by atoms with Gasteiger partial charge in [-0.15, -0.1) is 0 Å². The molecule has 1 aromatic carbocycles. The number of hydrogen-bond acceptors (Lipinski definition) is 2. The molecule has 1 aromatic rings. The maximum Gasteiger partial charge on any atom is 0.246 e. The molecule has 90 valence electrons. The number of carbonyl (C=O) groups excluding carboxylic acids is 2. The summed E-state index contributed by atoms with van der Waals surface area (Å²) in [6, 6.07) is 9.78. The van der Waals surface area contributed by atoms with Gasteiger partial charge in [-0.05, 0) is 12.0 Å². The smallest absolute Gasteiger partial charge is 0.246 e. The van der Waals surface area contributed by atoms with Crippen LogP contribution in [0.1, 0.15) is 24.8 Å². The molecule has 0 radical (unpaired) electrons. The number of likely N-dealkylation sites (N-methyl/N-ethyl adjacent to an activating group) is 1. The number of benzene rings is 1. The summed E-state index contributed by atoms with van der Waals surface area (Å²) in [6.07, 6.45) is 0.663. The Morgan fingerprint density at radius 1 is 1.29 bits per heavy atom. The Morgan fingerprint density at radius 2 is 1.94 bits per heavy atom. The van der Waals surface area contributed by atoms with E-state index in [9.17, 15) is 9.59 Å². The summed E-state index contributed by atoms with van der Waals surface area (Å²) in [5.41, 5.74) is 0.340. The number of hydrogen-bond donors (Lipinski definition) is 2. The normalized spacial score (nSPS) is 26.1. The molecule has 0 spiro atoms. The lowest BCUT2D eigenvalue weighted by Gasteiger charge is -2.16. The second kappa shape index (κ2) is 4.20. The molecule has 0 unspecified atom stereocenters. The van der Waals surface area contributed by atoms with Gasteiger partial charge in [-0.2, -0.15) is 0 Å². The van der Waals surface area contributed by atoms with Crippen molar-refractivity contribution in [1.82, 2.24) is 10.6 Å². The van der Waals surface area contributed by atoms with Gasteiger partial charge in [-0.3, -0.25) is 9.59 Å². The standard InChI is InChI=1S/C13H16N2O2/c1-9(16)15-13(12(17)14-2)8-11(13)10-6-4-3-5-7-10/h3-7,11H,8H2,1-2H3,(H,14,17)(H,15,16)/t11-,13+/m1/s1. The first-order valence-electron chi connectivity index (χ1n) is 5.66. The molecule has 4 nitrogen and oxygen atoms in total. The Balaban J connectivity index is 2.23. The molecule has 1 saturated carbocycles. The van der Waals surface area contributed by atoms with Gasteiger partial charge in [0.15, 0.2) is 0 Å². The maximum absolute atomic E-state index is 11.9. The minimum atomic E-state index is -0.748. The molecule has 17 heavy (non-hydrogen) atoms. The molecule has 4 heteroatoms. The second-order valence-corrected chi connectivity index (χ2v) is 4.40. The first-order chi connectivity index (χ1) is 8.10. The fourth-order valence-electron chi connectivity index (χ4n) is 2.33. The quantitative estimate of drug-likeness (QED) is 0.809. The van der Waals surface area contributed by atoms with Crippen LogP contribution < -0.4 is 10.6 Å². The van der Waals surface area contributed by atoms with Gasteiger partial charge in [0.2, 0.25) is 11.8 Å². The fraction of sp³-hybridized carbons (Fsp3) is 0.385. The molecule has 0 bridgehead atoms. The third-order valence-electron chi connectivity index (χ3n) is 3.19. The Labute approximate surface area is 100 Å². The van der Waals surface area contributed by atoms with Crippen LogP contribution in [0, 0.1) is 0 Å². The Bertz CT molecular complexity index is 444. The van der Waals surface area contributed by atoms with Gasteiger partial charge in [0.1, 0.15) is 5.54 Å². The third kappa shape index (κ3) is 2.02. The van der Waals surface area contributed by atoms with E-state index in [1.807, 2.05) is 30.3 Å². The minimum Gasteiger partial charge on any atom is -0.357 e. The highest BCUT2D eigenvalue weighted by molar-refractivity contribution is 5.95. The van der Waals surface area contributed by atoms with Gasteiger partial charge < -0.3 is 10.6 Å². The first-order valence-corrected chi connectivity index (χ1v) is 5.66. The Morgan fingerprint density at radius 3 is 2.47 bits per heavy atom. The van der Waals surface area contributed by atoms with Crippen molar-refractivity contribution < 1.29 is 9.59 Å². The summed E-state index contributed by atoms with van der Waals surface area (Å²) < 4.78 is 0. The van der Waals surface area contributed by atoms with E-state index in [0.717, 1.165) is 5.56 Å². The van der Waals surface area contributed by atoms with Gasteiger partial charge in [0, 0.05) is 19.9 Å². The van der Waals surface area contributed by atoms with Crippen molar-refractivity contribution >= 4 is 11.8 Å². The van der Waals surface area contributed by atoms with Crippen LogP contribution in [-0.4, -0.2) is 24.4 Å². The van der Waals surface area contributed by atoms with E-state index in [-0.39, 0.29) is 17.7 Å². The van der Waals surface area contributed by atoms with Crippen LogP contribution in [-0.2, 0) is 9.59 Å². The highest BCUT2D eigenvalue weighted by Gasteiger charge is 2.61. The summed E-state index contributed by atoms with van der Waals surface area (Å²) in [5, 5.41) is 5.40. The van der Waals surface area contributed by atoms with Crippen LogP contribution in [0.4, 0.5) is 0 Å². The predicted molar refractivity (Wildman–Crippen MR) is 64.4 cm³/mol. The van der Waals surface area contributed by atoms with Crippen LogP contribution >= 0.6 is 0 Å². The number of amides is 2. The van der Waals surface area contributed by atoms with Crippen molar-refractivity contribution in [2.45, 2.75) is 24.8 Å². The van der Waals surface area contributed by atoms with Crippen molar-refractivity contribution in [1.29, 1.82) is 0 Å². The van der Waals surface area contributed by atoms with Crippen molar-refractivity contribution in [2.75, 3.05) is 7.05 Å². The second-order valence-electron chi connectivity index (χ2n) is 4.40. The largest absolute Gasteiger partial charge is 0.357 e. The molecule has 0 heterocycles. The van der Waals surface area contributed by atoms with E-state index in [2.05, 4.69) is 10.6 Å². The summed E-state index contributed by atoms with van der Waals surface area (Å²) in [5.74, 6) is -0.221. The van der Waals surface area contributed by atoms with Gasteiger partial charge in [0.25, 0.3) is 0 Å². The van der Waals surface area contributed by atoms with Crippen molar-refractivity contribution in [3.05, 3.63) is 35.9 Å². The lowest BCUT2D eigenvalue weighted by molar-refractivity contribution is -0.129. The highest BCUT2D eigenvalue weighted by atomic mass is 16.2. The molecule has 1 fully saturated rings. The van der Waals surface area contributed by atoms with E-state index in [1.54, 1.807) is 7.05 Å². The monoisotopic (exact) mass is 232 g/mol.